The lowest BCUT2D eigenvalue weighted by atomic mass is 10.0. The van der Waals surface area contributed by atoms with Gasteiger partial charge in [0.2, 0.25) is 0 Å². The monoisotopic (exact) mass is 454 g/mol. The maximum atomic E-state index is 13.6. The third-order valence-electron chi connectivity index (χ3n) is 5.74. The van der Waals surface area contributed by atoms with Gasteiger partial charge in [-0.15, -0.1) is 0 Å². The predicted molar refractivity (Wildman–Crippen MR) is 115 cm³/mol. The third kappa shape index (κ3) is 4.30. The van der Waals surface area contributed by atoms with E-state index in [1.165, 1.54) is 10.6 Å². The average Bonchev–Trinajstić information content (AvgIpc) is 3.31. The molecule has 1 fully saturated rings. The van der Waals surface area contributed by atoms with Crippen LogP contribution in [0.5, 0.6) is 0 Å². The quantitative estimate of drug-likeness (QED) is 0.540. The van der Waals surface area contributed by atoms with E-state index in [2.05, 4.69) is 0 Å². The second kappa shape index (κ2) is 8.85. The molecule has 3 aromatic rings. The van der Waals surface area contributed by atoms with Gasteiger partial charge >= 0.3 is 6.18 Å². The minimum Gasteiger partial charge on any atom is -0.343 e. The molecule has 170 valence electrons. The van der Waals surface area contributed by atoms with Crippen molar-refractivity contribution in [3.8, 4) is 17.3 Å². The summed E-state index contributed by atoms with van der Waals surface area (Å²) in [6, 6.07) is 17.9. The molecule has 1 aliphatic rings. The van der Waals surface area contributed by atoms with Crippen LogP contribution in [0.25, 0.3) is 11.3 Å². The first-order chi connectivity index (χ1) is 15.8. The number of nitrogens with zero attached hydrogens (tertiary/aromatic N) is 2. The number of rotatable bonds is 5. The van der Waals surface area contributed by atoms with Gasteiger partial charge in [0.25, 0.3) is 5.56 Å². The Morgan fingerprint density at radius 3 is 2.24 bits per heavy atom. The van der Waals surface area contributed by atoms with Crippen LogP contribution in [0.2, 0.25) is 0 Å². The molecule has 0 amide bonds. The minimum atomic E-state index is -4.83. The van der Waals surface area contributed by atoms with Crippen molar-refractivity contribution in [2.75, 3.05) is 13.2 Å². The molecule has 1 aliphatic heterocycles. The SMILES string of the molecule is CCC1(c2ccc(Cn3c(-c4ccccc4)cc(C(F)(F)F)c(C#N)c3=O)cc2)OCCO1. The molecule has 2 aromatic carbocycles. The zero-order valence-electron chi connectivity index (χ0n) is 17.9. The van der Waals surface area contributed by atoms with Crippen LogP contribution in [0.3, 0.4) is 0 Å². The van der Waals surface area contributed by atoms with Crippen LogP contribution < -0.4 is 5.56 Å². The first-order valence-electron chi connectivity index (χ1n) is 10.5. The van der Waals surface area contributed by atoms with E-state index < -0.39 is 28.6 Å². The molecule has 0 aliphatic carbocycles. The highest BCUT2D eigenvalue weighted by atomic mass is 19.4. The van der Waals surface area contributed by atoms with Gasteiger partial charge in [-0.2, -0.15) is 18.4 Å². The van der Waals surface area contributed by atoms with Gasteiger partial charge in [0.15, 0.2) is 5.79 Å². The van der Waals surface area contributed by atoms with E-state index in [1.54, 1.807) is 42.5 Å². The van der Waals surface area contributed by atoms with E-state index in [9.17, 15) is 23.2 Å². The average molecular weight is 454 g/mol. The van der Waals surface area contributed by atoms with Crippen molar-refractivity contribution in [2.24, 2.45) is 0 Å². The zero-order valence-corrected chi connectivity index (χ0v) is 17.9. The summed E-state index contributed by atoms with van der Waals surface area (Å²) in [4.78, 5) is 13.0. The lowest BCUT2D eigenvalue weighted by molar-refractivity contribution is -0.167. The Morgan fingerprint density at radius 2 is 1.70 bits per heavy atom. The second-order valence-electron chi connectivity index (χ2n) is 7.69. The van der Waals surface area contributed by atoms with Crippen LogP contribution in [-0.2, 0) is 28.0 Å². The highest BCUT2D eigenvalue weighted by molar-refractivity contribution is 5.62. The number of pyridine rings is 1. The van der Waals surface area contributed by atoms with Gasteiger partial charge in [0.1, 0.15) is 11.6 Å². The lowest BCUT2D eigenvalue weighted by Gasteiger charge is -2.26. The molecule has 4 rings (SSSR count). The molecule has 0 spiro atoms. The largest absolute Gasteiger partial charge is 0.417 e. The van der Waals surface area contributed by atoms with Gasteiger partial charge in [0.05, 0.1) is 31.0 Å². The van der Waals surface area contributed by atoms with E-state index in [-0.39, 0.29) is 12.2 Å². The Labute approximate surface area is 188 Å². The molecule has 1 saturated heterocycles. The van der Waals surface area contributed by atoms with Crippen LogP contribution in [0.1, 0.15) is 35.6 Å². The number of ether oxygens (including phenoxy) is 2. The number of hydrogen-bond donors (Lipinski definition) is 0. The van der Waals surface area contributed by atoms with Crippen LogP contribution in [0.15, 0.2) is 65.5 Å². The number of halogens is 3. The van der Waals surface area contributed by atoms with Crippen molar-refractivity contribution < 1.29 is 22.6 Å². The van der Waals surface area contributed by atoms with E-state index in [4.69, 9.17) is 9.47 Å². The number of hydrogen-bond acceptors (Lipinski definition) is 4. The molecular weight excluding hydrogens is 433 g/mol. The van der Waals surface area contributed by atoms with Crippen molar-refractivity contribution in [1.29, 1.82) is 5.26 Å². The molecular formula is C25H21F3N2O3. The highest BCUT2D eigenvalue weighted by Gasteiger charge is 2.37. The maximum Gasteiger partial charge on any atom is 0.417 e. The van der Waals surface area contributed by atoms with Crippen molar-refractivity contribution in [3.63, 3.8) is 0 Å². The molecule has 0 atom stereocenters. The first kappa shape index (κ1) is 22.8. The van der Waals surface area contributed by atoms with Gasteiger partial charge in [-0.05, 0) is 17.2 Å². The molecule has 0 radical (unpaired) electrons. The fourth-order valence-corrected chi connectivity index (χ4v) is 4.06. The van der Waals surface area contributed by atoms with Crippen LogP contribution in [-0.4, -0.2) is 17.8 Å². The second-order valence-corrected chi connectivity index (χ2v) is 7.69. The highest BCUT2D eigenvalue weighted by Crippen LogP contribution is 2.36. The molecule has 1 aromatic heterocycles. The number of nitriles is 1. The Bertz CT molecular complexity index is 1240. The Hall–Kier alpha value is -3.41. The lowest BCUT2D eigenvalue weighted by Crippen LogP contribution is -2.29. The predicted octanol–water partition coefficient (Wildman–Crippen LogP) is 5.06. The smallest absolute Gasteiger partial charge is 0.343 e. The van der Waals surface area contributed by atoms with Crippen LogP contribution in [0, 0.1) is 11.3 Å². The number of benzene rings is 2. The van der Waals surface area contributed by atoms with Crippen molar-refractivity contribution in [2.45, 2.75) is 31.9 Å². The molecule has 2 heterocycles. The summed E-state index contributed by atoms with van der Waals surface area (Å²) in [5.41, 5.74) is -1.10. The fourth-order valence-electron chi connectivity index (χ4n) is 4.06. The molecule has 8 heteroatoms. The van der Waals surface area contributed by atoms with E-state index in [1.807, 2.05) is 19.1 Å². The Morgan fingerprint density at radius 1 is 1.06 bits per heavy atom. The molecule has 0 unspecified atom stereocenters. The summed E-state index contributed by atoms with van der Waals surface area (Å²) < 4.78 is 53.6. The molecule has 0 bridgehead atoms. The third-order valence-corrected chi connectivity index (χ3v) is 5.74. The first-order valence-corrected chi connectivity index (χ1v) is 10.5. The van der Waals surface area contributed by atoms with E-state index in [0.29, 0.717) is 30.8 Å². The summed E-state index contributed by atoms with van der Waals surface area (Å²) in [5, 5.41) is 9.34. The summed E-state index contributed by atoms with van der Waals surface area (Å²) in [6.45, 7) is 2.94. The van der Waals surface area contributed by atoms with E-state index in [0.717, 1.165) is 11.6 Å². The molecule has 33 heavy (non-hydrogen) atoms. The van der Waals surface area contributed by atoms with Gasteiger partial charge in [-0.3, -0.25) is 4.79 Å². The Kier molecular flexibility index (Phi) is 6.11. The van der Waals surface area contributed by atoms with Gasteiger partial charge in [-0.1, -0.05) is 61.5 Å². The maximum absolute atomic E-state index is 13.6. The molecule has 5 nitrogen and oxygen atoms in total. The van der Waals surface area contributed by atoms with E-state index >= 15 is 0 Å². The summed E-state index contributed by atoms with van der Waals surface area (Å²) in [5.74, 6) is -0.813. The molecule has 0 N–H and O–H groups in total. The fraction of sp³-hybridized carbons (Fsp3) is 0.280. The normalized spacial score (nSPS) is 15.4. The standard InChI is InChI=1S/C25H21F3N2O3/c1-2-24(32-12-13-33-24)19-10-8-17(9-11-19)16-30-22(18-6-4-3-5-7-18)14-21(25(26,27)28)20(15-29)23(30)31/h3-11,14H,2,12-13,16H2,1H3. The zero-order chi connectivity index (χ0) is 23.6. The summed E-state index contributed by atoms with van der Waals surface area (Å²) >= 11 is 0. The summed E-state index contributed by atoms with van der Waals surface area (Å²) in [7, 11) is 0. The van der Waals surface area contributed by atoms with Crippen molar-refractivity contribution >= 4 is 0 Å². The van der Waals surface area contributed by atoms with Gasteiger partial charge < -0.3 is 14.0 Å². The Balaban J connectivity index is 1.80. The van der Waals surface area contributed by atoms with Crippen molar-refractivity contribution in [3.05, 3.63) is 93.3 Å². The number of alkyl halides is 3. The molecule has 0 saturated carbocycles. The van der Waals surface area contributed by atoms with Crippen LogP contribution >= 0.6 is 0 Å². The van der Waals surface area contributed by atoms with Crippen LogP contribution in [0.4, 0.5) is 13.2 Å². The number of aromatic nitrogens is 1. The minimum absolute atomic E-state index is 0.00298. The topological polar surface area (TPSA) is 64.2 Å². The van der Waals surface area contributed by atoms with Crippen molar-refractivity contribution in [1.82, 2.24) is 4.57 Å². The summed E-state index contributed by atoms with van der Waals surface area (Å²) in [6.07, 6.45) is -4.21. The van der Waals surface area contributed by atoms with Gasteiger partial charge in [0, 0.05) is 12.0 Å². The van der Waals surface area contributed by atoms with Gasteiger partial charge in [-0.25, -0.2) is 0 Å².